The van der Waals surface area contributed by atoms with Crippen LogP contribution in [0.1, 0.15) is 42.1 Å². The molecule has 0 spiro atoms. The van der Waals surface area contributed by atoms with Crippen LogP contribution in [0, 0.1) is 29.6 Å². The molecule has 0 aliphatic rings. The molecule has 0 aliphatic heterocycles. The molecule has 274 valence electrons. The normalized spacial score (nSPS) is 13.1. The van der Waals surface area contributed by atoms with Crippen molar-refractivity contribution >= 4 is 35.1 Å². The van der Waals surface area contributed by atoms with Gasteiger partial charge in [-0.1, -0.05) is 55.6 Å². The van der Waals surface area contributed by atoms with Crippen molar-refractivity contribution in [2.24, 2.45) is 5.92 Å². The van der Waals surface area contributed by atoms with Crippen LogP contribution in [0.15, 0.2) is 66.7 Å². The number of ketones is 1. The Bertz CT molecular complexity index is 1840. The third kappa shape index (κ3) is 11.2. The third-order valence-electron chi connectivity index (χ3n) is 7.37. The first-order chi connectivity index (χ1) is 24.4. The maximum absolute atomic E-state index is 14.9. The quantitative estimate of drug-likeness (QED) is 0.112. The summed E-state index contributed by atoms with van der Waals surface area (Å²) in [5, 5.41) is 15.4. The average Bonchev–Trinajstić information content (AvgIpc) is 3.10. The molecule has 0 heterocycles. The van der Waals surface area contributed by atoms with Crippen molar-refractivity contribution in [2.45, 2.75) is 50.6 Å². The first-order valence-electron chi connectivity index (χ1n) is 15.3. The van der Waals surface area contributed by atoms with E-state index in [-0.39, 0.29) is 28.9 Å². The van der Waals surface area contributed by atoms with Gasteiger partial charge in [0.25, 0.3) is 11.8 Å². The number of amides is 3. The van der Waals surface area contributed by atoms with Gasteiger partial charge in [0, 0.05) is 17.0 Å². The molecule has 3 amide bonds. The van der Waals surface area contributed by atoms with Crippen molar-refractivity contribution in [1.82, 2.24) is 16.0 Å². The lowest BCUT2D eigenvalue weighted by Gasteiger charge is -2.28. The van der Waals surface area contributed by atoms with E-state index in [4.69, 9.17) is 27.5 Å². The predicted octanol–water partition coefficient (Wildman–Crippen LogP) is 5.07. The van der Waals surface area contributed by atoms with E-state index >= 15 is 0 Å². The summed E-state index contributed by atoms with van der Waals surface area (Å²) in [5.74, 6) is -10.1. The van der Waals surface area contributed by atoms with E-state index in [1.165, 1.54) is 63.4 Å². The number of terminal acetylenes is 1. The number of benzene rings is 3. The van der Waals surface area contributed by atoms with Gasteiger partial charge in [0.15, 0.2) is 6.10 Å². The van der Waals surface area contributed by atoms with Gasteiger partial charge < -0.3 is 25.4 Å². The Balaban J connectivity index is 2.01. The molecule has 16 heteroatoms. The molecule has 0 bridgehead atoms. The minimum absolute atomic E-state index is 0.0242. The van der Waals surface area contributed by atoms with Crippen LogP contribution in [-0.2, 0) is 25.6 Å². The first kappa shape index (κ1) is 40.8. The lowest BCUT2D eigenvalue weighted by Crippen LogP contribution is -2.58. The van der Waals surface area contributed by atoms with E-state index in [2.05, 4.69) is 16.6 Å². The summed E-state index contributed by atoms with van der Waals surface area (Å²) >= 11 is 6.15. The summed E-state index contributed by atoms with van der Waals surface area (Å²) in [7, 11) is 1.37. The average molecular weight is 747 g/mol. The maximum Gasteiger partial charge on any atom is 0.405 e. The Labute approximate surface area is 300 Å². The highest BCUT2D eigenvalue weighted by Gasteiger charge is 2.52. The van der Waals surface area contributed by atoms with E-state index in [0.29, 0.717) is 16.3 Å². The first-order valence-corrected chi connectivity index (χ1v) is 15.7. The Kier molecular flexibility index (Phi) is 13.7. The lowest BCUT2D eigenvalue weighted by atomic mass is 9.94. The van der Waals surface area contributed by atoms with Gasteiger partial charge in [-0.15, -0.1) is 6.42 Å². The number of alkyl halides is 5. The molecule has 3 rings (SSSR count). The molecule has 0 radical (unpaired) electrons. The fourth-order valence-corrected chi connectivity index (χ4v) is 4.96. The molecule has 0 saturated carbocycles. The van der Waals surface area contributed by atoms with Gasteiger partial charge in [-0.3, -0.25) is 19.2 Å². The van der Waals surface area contributed by atoms with Crippen LogP contribution in [0.25, 0.3) is 0 Å². The van der Waals surface area contributed by atoms with Gasteiger partial charge in [-0.25, -0.2) is 0 Å². The molecule has 0 aromatic heterocycles. The van der Waals surface area contributed by atoms with E-state index in [0.717, 1.165) is 5.32 Å². The van der Waals surface area contributed by atoms with Crippen LogP contribution in [0.2, 0.25) is 5.02 Å². The van der Waals surface area contributed by atoms with E-state index in [9.17, 15) is 46.4 Å². The predicted molar refractivity (Wildman–Crippen MR) is 178 cm³/mol. The van der Waals surface area contributed by atoms with E-state index in [1.54, 1.807) is 24.3 Å². The molecule has 10 nitrogen and oxygen atoms in total. The second-order valence-corrected chi connectivity index (χ2v) is 12.1. The minimum atomic E-state index is -5.04. The summed E-state index contributed by atoms with van der Waals surface area (Å²) < 4.78 is 78.7. The molecule has 1 unspecified atom stereocenters. The van der Waals surface area contributed by atoms with Gasteiger partial charge in [0.1, 0.15) is 24.1 Å². The SMILES string of the molecule is C#Cc1cc(C#N)cc(OC(Cc2cccc(Cl)c2)C(=O)N[C@H](C(=O)N[C@H](C(=O)C(F)(F)C(=O)NCC(F)(F)F)C(C)C)c2ccc(OC)cc2)c1. The zero-order valence-electron chi connectivity index (χ0n) is 27.8. The molecular formula is C36H32ClF5N4O6. The lowest BCUT2D eigenvalue weighted by molar-refractivity contribution is -0.165. The molecule has 3 atom stereocenters. The highest BCUT2D eigenvalue weighted by molar-refractivity contribution is 6.30. The number of hydrogen-bond acceptors (Lipinski definition) is 7. The minimum Gasteiger partial charge on any atom is -0.497 e. The van der Waals surface area contributed by atoms with Gasteiger partial charge >= 0.3 is 12.1 Å². The topological polar surface area (TPSA) is 147 Å². The number of ether oxygens (including phenoxy) is 2. The van der Waals surface area contributed by atoms with Crippen LogP contribution in [-0.4, -0.2) is 61.4 Å². The second-order valence-electron chi connectivity index (χ2n) is 11.6. The number of hydrogen-bond donors (Lipinski definition) is 3. The zero-order chi connectivity index (χ0) is 38.8. The Hall–Kier alpha value is -5.67. The fourth-order valence-electron chi connectivity index (χ4n) is 4.75. The standard InChI is InChI=1S/C36H32ClF5N4O6/c1-5-21-13-23(18-43)16-27(15-21)52-28(17-22-7-6-8-25(37)14-22)32(48)46-30(24-9-11-26(51-4)12-10-24)33(49)45-29(20(2)3)31(47)36(41,42)34(50)44-19-35(38,39)40/h1,6-16,20,28-30H,17,19H2,2-4H3,(H,44,50)(H,45,49)(H,46,48)/t28?,29-,30-/m0/s1. The van der Waals surface area contributed by atoms with Crippen LogP contribution < -0.4 is 25.4 Å². The number of nitrogens with zero attached hydrogens (tertiary/aromatic N) is 1. The maximum atomic E-state index is 14.9. The number of nitrogens with one attached hydrogen (secondary N) is 3. The molecular weight excluding hydrogens is 715 g/mol. The van der Waals surface area contributed by atoms with Crippen LogP contribution in [0.3, 0.4) is 0 Å². The molecule has 3 aromatic carbocycles. The summed E-state index contributed by atoms with van der Waals surface area (Å²) in [6.45, 7) is 0.382. The summed E-state index contributed by atoms with van der Waals surface area (Å²) in [5.41, 5.74) is 0.984. The van der Waals surface area contributed by atoms with E-state index in [1.807, 2.05) is 6.07 Å². The highest BCUT2D eigenvalue weighted by atomic mass is 35.5. The van der Waals surface area contributed by atoms with Crippen molar-refractivity contribution < 1.29 is 50.6 Å². The molecule has 3 aromatic rings. The van der Waals surface area contributed by atoms with E-state index < -0.39 is 66.3 Å². The van der Waals surface area contributed by atoms with Crippen molar-refractivity contribution in [3.63, 3.8) is 0 Å². The molecule has 0 aliphatic carbocycles. The van der Waals surface area contributed by atoms with Crippen molar-refractivity contribution in [2.75, 3.05) is 13.7 Å². The molecule has 0 saturated heterocycles. The summed E-state index contributed by atoms with van der Waals surface area (Å²) in [6.07, 6.45) is -1.10. The Morgan fingerprint density at radius 2 is 1.56 bits per heavy atom. The number of halogens is 6. The molecule has 3 N–H and O–H groups in total. The number of rotatable bonds is 15. The second kappa shape index (κ2) is 17.5. The fraction of sp³-hybridized carbons (Fsp3) is 0.306. The van der Waals surface area contributed by atoms with Gasteiger partial charge in [0.2, 0.25) is 11.7 Å². The number of methoxy groups -OCH3 is 1. The molecule has 52 heavy (non-hydrogen) atoms. The van der Waals surface area contributed by atoms with Crippen molar-refractivity contribution in [1.29, 1.82) is 5.26 Å². The van der Waals surface area contributed by atoms with Crippen molar-refractivity contribution in [3.05, 3.63) is 94.0 Å². The largest absolute Gasteiger partial charge is 0.497 e. The summed E-state index contributed by atoms with van der Waals surface area (Å²) in [4.78, 5) is 52.8. The van der Waals surface area contributed by atoms with Gasteiger partial charge in [-0.2, -0.15) is 27.2 Å². The Morgan fingerprint density at radius 3 is 2.12 bits per heavy atom. The van der Waals surface area contributed by atoms with Gasteiger partial charge in [0.05, 0.1) is 24.8 Å². The zero-order valence-corrected chi connectivity index (χ0v) is 28.6. The number of carbonyl (C=O) groups is 4. The van der Waals surface area contributed by atoms with Gasteiger partial charge in [-0.05, 0) is 59.5 Å². The third-order valence-corrected chi connectivity index (χ3v) is 7.61. The molecule has 0 fully saturated rings. The monoisotopic (exact) mass is 746 g/mol. The van der Waals surface area contributed by atoms with Crippen LogP contribution >= 0.6 is 11.6 Å². The number of nitriles is 1. The smallest absolute Gasteiger partial charge is 0.405 e. The summed E-state index contributed by atoms with van der Waals surface area (Å²) in [6, 6.07) is 14.3. The highest BCUT2D eigenvalue weighted by Crippen LogP contribution is 2.25. The van der Waals surface area contributed by atoms with Crippen LogP contribution in [0.5, 0.6) is 11.5 Å². The number of Topliss-reactive ketones (excluding diaryl/α,β-unsaturated/α-hetero) is 1. The van der Waals surface area contributed by atoms with Crippen molar-refractivity contribution in [3.8, 4) is 29.9 Å². The number of carbonyl (C=O) groups excluding carboxylic acids is 4. The van der Waals surface area contributed by atoms with Crippen LogP contribution in [0.4, 0.5) is 22.0 Å². The Morgan fingerprint density at radius 1 is 0.904 bits per heavy atom.